The highest BCUT2D eigenvalue weighted by Crippen LogP contribution is 2.20. The summed E-state index contributed by atoms with van der Waals surface area (Å²) in [4.78, 5) is 32.2. The number of amides is 2. The average Bonchev–Trinajstić information content (AvgIpc) is 2.96. The minimum Gasteiger partial charge on any atom is -0.360 e. The number of carbonyl (C=O) groups is 2. The number of para-hydroxylation sites is 1. The Labute approximate surface area is 156 Å². The third-order valence-corrected chi connectivity index (χ3v) is 4.96. The molecule has 5 nitrogen and oxygen atoms in total. The van der Waals surface area contributed by atoms with Crippen molar-refractivity contribution < 1.29 is 14.0 Å². The minimum atomic E-state index is -0.424. The summed E-state index contributed by atoms with van der Waals surface area (Å²) in [5, 5.41) is 0.902. The SMILES string of the molecule is O=C(c1cccc(F)c1)N1CCCN(C(=O)c2c[nH]c3ccccc23)CC1. The summed E-state index contributed by atoms with van der Waals surface area (Å²) in [6.07, 6.45) is 2.43. The Morgan fingerprint density at radius 1 is 0.889 bits per heavy atom. The van der Waals surface area contributed by atoms with Crippen molar-refractivity contribution in [1.29, 1.82) is 0 Å². The van der Waals surface area contributed by atoms with Gasteiger partial charge < -0.3 is 14.8 Å². The van der Waals surface area contributed by atoms with Gasteiger partial charge in [0.15, 0.2) is 0 Å². The number of hydrogen-bond donors (Lipinski definition) is 1. The molecule has 1 aliphatic heterocycles. The molecule has 2 heterocycles. The Bertz CT molecular complexity index is 998. The van der Waals surface area contributed by atoms with Crippen molar-refractivity contribution in [3.63, 3.8) is 0 Å². The highest BCUT2D eigenvalue weighted by molar-refractivity contribution is 6.06. The molecule has 1 fully saturated rings. The van der Waals surface area contributed by atoms with Gasteiger partial charge in [0.1, 0.15) is 5.82 Å². The molecule has 1 saturated heterocycles. The topological polar surface area (TPSA) is 56.4 Å². The van der Waals surface area contributed by atoms with Crippen LogP contribution >= 0.6 is 0 Å². The molecule has 2 amide bonds. The Hall–Kier alpha value is -3.15. The lowest BCUT2D eigenvalue weighted by Gasteiger charge is -2.22. The van der Waals surface area contributed by atoms with Crippen molar-refractivity contribution in [2.24, 2.45) is 0 Å². The van der Waals surface area contributed by atoms with E-state index in [2.05, 4.69) is 4.98 Å². The highest BCUT2D eigenvalue weighted by atomic mass is 19.1. The lowest BCUT2D eigenvalue weighted by atomic mass is 10.1. The van der Waals surface area contributed by atoms with E-state index in [9.17, 15) is 14.0 Å². The number of rotatable bonds is 2. The lowest BCUT2D eigenvalue weighted by molar-refractivity contribution is 0.0719. The van der Waals surface area contributed by atoms with E-state index in [1.807, 2.05) is 24.3 Å². The van der Waals surface area contributed by atoms with Gasteiger partial charge in [-0.05, 0) is 30.7 Å². The molecule has 0 radical (unpaired) electrons. The molecular formula is C21H20FN3O2. The summed E-state index contributed by atoms with van der Waals surface area (Å²) >= 11 is 0. The molecule has 4 rings (SSSR count). The number of halogens is 1. The van der Waals surface area contributed by atoms with Crippen LogP contribution < -0.4 is 0 Å². The van der Waals surface area contributed by atoms with Gasteiger partial charge in [-0.15, -0.1) is 0 Å². The Kier molecular flexibility index (Phi) is 4.62. The molecule has 0 spiro atoms. The van der Waals surface area contributed by atoms with E-state index in [4.69, 9.17) is 0 Å². The number of H-pyrrole nitrogens is 1. The molecule has 6 heteroatoms. The van der Waals surface area contributed by atoms with Crippen molar-refractivity contribution in [3.8, 4) is 0 Å². The molecule has 0 aliphatic carbocycles. The number of nitrogens with zero attached hydrogens (tertiary/aromatic N) is 2. The number of aromatic amines is 1. The Morgan fingerprint density at radius 2 is 1.63 bits per heavy atom. The van der Waals surface area contributed by atoms with E-state index in [0.29, 0.717) is 43.7 Å². The third kappa shape index (κ3) is 3.43. The summed E-state index contributed by atoms with van der Waals surface area (Å²) in [7, 11) is 0. The van der Waals surface area contributed by atoms with Crippen molar-refractivity contribution in [1.82, 2.24) is 14.8 Å². The number of fused-ring (bicyclic) bond motifs is 1. The number of hydrogen-bond acceptors (Lipinski definition) is 2. The van der Waals surface area contributed by atoms with Gasteiger partial charge in [0, 0.05) is 48.8 Å². The molecule has 1 aliphatic rings. The Balaban J connectivity index is 1.48. The van der Waals surface area contributed by atoms with Crippen LogP contribution in [0.3, 0.4) is 0 Å². The maximum Gasteiger partial charge on any atom is 0.256 e. The van der Waals surface area contributed by atoms with Gasteiger partial charge in [-0.2, -0.15) is 0 Å². The van der Waals surface area contributed by atoms with Crippen LogP contribution in [0, 0.1) is 5.82 Å². The average molecular weight is 365 g/mol. The van der Waals surface area contributed by atoms with Crippen molar-refractivity contribution >= 4 is 22.7 Å². The van der Waals surface area contributed by atoms with Gasteiger partial charge in [-0.1, -0.05) is 24.3 Å². The summed E-state index contributed by atoms with van der Waals surface area (Å²) in [6.45, 7) is 2.03. The molecule has 0 saturated carbocycles. The monoisotopic (exact) mass is 365 g/mol. The molecule has 2 aromatic carbocycles. The van der Waals surface area contributed by atoms with Crippen molar-refractivity contribution in [2.45, 2.75) is 6.42 Å². The minimum absolute atomic E-state index is 0.0347. The van der Waals surface area contributed by atoms with Crippen LogP contribution in [0.1, 0.15) is 27.1 Å². The summed E-state index contributed by atoms with van der Waals surface area (Å²) < 4.78 is 13.4. The summed E-state index contributed by atoms with van der Waals surface area (Å²) in [5.74, 6) is -0.657. The Morgan fingerprint density at radius 3 is 2.41 bits per heavy atom. The van der Waals surface area contributed by atoms with E-state index in [1.54, 1.807) is 22.1 Å². The number of aromatic nitrogens is 1. The molecule has 27 heavy (non-hydrogen) atoms. The zero-order valence-corrected chi connectivity index (χ0v) is 14.8. The van der Waals surface area contributed by atoms with Crippen LogP contribution in [0.2, 0.25) is 0 Å². The molecule has 0 unspecified atom stereocenters. The molecule has 0 bridgehead atoms. The van der Waals surface area contributed by atoms with Crippen LogP contribution in [-0.4, -0.2) is 52.8 Å². The fourth-order valence-corrected chi connectivity index (χ4v) is 3.55. The zero-order valence-electron chi connectivity index (χ0n) is 14.8. The fourth-order valence-electron chi connectivity index (χ4n) is 3.55. The van der Waals surface area contributed by atoms with Crippen molar-refractivity contribution in [2.75, 3.05) is 26.2 Å². The largest absolute Gasteiger partial charge is 0.360 e. The third-order valence-electron chi connectivity index (χ3n) is 4.96. The second-order valence-corrected chi connectivity index (χ2v) is 6.70. The highest BCUT2D eigenvalue weighted by Gasteiger charge is 2.25. The maximum atomic E-state index is 13.4. The van der Waals surface area contributed by atoms with Gasteiger partial charge in [-0.25, -0.2) is 4.39 Å². The van der Waals surface area contributed by atoms with Crippen LogP contribution in [0.15, 0.2) is 54.7 Å². The second-order valence-electron chi connectivity index (χ2n) is 6.70. The van der Waals surface area contributed by atoms with Gasteiger partial charge >= 0.3 is 0 Å². The molecule has 3 aromatic rings. The van der Waals surface area contributed by atoms with Crippen LogP contribution in [-0.2, 0) is 0 Å². The van der Waals surface area contributed by atoms with Crippen LogP contribution in [0.5, 0.6) is 0 Å². The van der Waals surface area contributed by atoms with E-state index in [-0.39, 0.29) is 11.8 Å². The van der Waals surface area contributed by atoms with Gasteiger partial charge in [-0.3, -0.25) is 9.59 Å². The quantitative estimate of drug-likeness (QED) is 0.758. The van der Waals surface area contributed by atoms with E-state index >= 15 is 0 Å². The first-order chi connectivity index (χ1) is 13.1. The molecule has 1 N–H and O–H groups in total. The first-order valence-corrected chi connectivity index (χ1v) is 9.04. The van der Waals surface area contributed by atoms with E-state index < -0.39 is 5.82 Å². The van der Waals surface area contributed by atoms with Crippen molar-refractivity contribution in [3.05, 3.63) is 71.7 Å². The fraction of sp³-hybridized carbons (Fsp3) is 0.238. The number of benzene rings is 2. The smallest absolute Gasteiger partial charge is 0.256 e. The second kappa shape index (κ2) is 7.23. The predicted molar refractivity (Wildman–Crippen MR) is 101 cm³/mol. The number of carbonyl (C=O) groups excluding carboxylic acids is 2. The van der Waals surface area contributed by atoms with Crippen LogP contribution in [0.4, 0.5) is 4.39 Å². The molecule has 0 atom stereocenters. The van der Waals surface area contributed by atoms with Gasteiger partial charge in [0.05, 0.1) is 5.56 Å². The predicted octanol–water partition coefficient (Wildman–Crippen LogP) is 3.30. The standard InChI is InChI=1S/C21H20FN3O2/c22-16-6-3-5-15(13-16)20(26)24-9-4-10-25(12-11-24)21(27)18-14-23-19-8-2-1-7-17(18)19/h1-3,5-8,13-14,23H,4,9-12H2. The van der Waals surface area contributed by atoms with E-state index in [0.717, 1.165) is 10.9 Å². The van der Waals surface area contributed by atoms with Gasteiger partial charge in [0.2, 0.25) is 0 Å². The normalized spacial score (nSPS) is 15.0. The number of nitrogens with one attached hydrogen (secondary N) is 1. The molecular weight excluding hydrogens is 345 g/mol. The summed E-state index contributed by atoms with van der Waals surface area (Å²) in [5.41, 5.74) is 1.92. The molecule has 138 valence electrons. The maximum absolute atomic E-state index is 13.4. The zero-order chi connectivity index (χ0) is 18.8. The van der Waals surface area contributed by atoms with Gasteiger partial charge in [0.25, 0.3) is 11.8 Å². The lowest BCUT2D eigenvalue weighted by Crippen LogP contribution is -2.37. The van der Waals surface area contributed by atoms with Crippen LogP contribution in [0.25, 0.3) is 10.9 Å². The molecule has 1 aromatic heterocycles. The van der Waals surface area contributed by atoms with E-state index in [1.165, 1.54) is 18.2 Å². The summed E-state index contributed by atoms with van der Waals surface area (Å²) in [6, 6.07) is 13.4. The first kappa shape index (κ1) is 17.3. The first-order valence-electron chi connectivity index (χ1n) is 9.04.